The molecule has 2 nitrogen and oxygen atoms in total. The van der Waals surface area contributed by atoms with Gasteiger partial charge in [-0.2, -0.15) is 0 Å². The van der Waals surface area contributed by atoms with E-state index in [1.165, 1.54) is 10.1 Å². The lowest BCUT2D eigenvalue weighted by Crippen LogP contribution is -1.85. The maximum atomic E-state index is 5.59. The fraction of sp³-hybridized carbons (Fsp3) is 0.125. The van der Waals surface area contributed by atoms with Crippen molar-refractivity contribution >= 4 is 21.4 Å². The molecule has 0 aliphatic heterocycles. The number of hydrogen-bond acceptors (Lipinski definition) is 3. The number of hydrogen-bond donors (Lipinski definition) is 0. The van der Waals surface area contributed by atoms with Gasteiger partial charge in [-0.15, -0.1) is 11.3 Å². The van der Waals surface area contributed by atoms with Crippen molar-refractivity contribution in [1.82, 2.24) is 0 Å². The zero-order valence-corrected chi connectivity index (χ0v) is 11.7. The van der Waals surface area contributed by atoms with Gasteiger partial charge in [0.05, 0.1) is 19.1 Å². The Kier molecular flexibility index (Phi) is 3.13. The first-order chi connectivity index (χ1) is 9.33. The largest absolute Gasteiger partial charge is 0.497 e. The Bertz CT molecular complexity index is 698. The molecule has 3 rings (SSSR count). The molecule has 19 heavy (non-hydrogen) atoms. The number of rotatable bonds is 3. The fourth-order valence-electron chi connectivity index (χ4n) is 2.16. The maximum absolute atomic E-state index is 5.59. The summed E-state index contributed by atoms with van der Waals surface area (Å²) >= 11 is 1.75. The van der Waals surface area contributed by atoms with Crippen LogP contribution in [-0.2, 0) is 0 Å². The molecule has 0 unspecified atom stereocenters. The van der Waals surface area contributed by atoms with E-state index in [2.05, 4.69) is 30.3 Å². The second kappa shape index (κ2) is 4.94. The predicted molar refractivity (Wildman–Crippen MR) is 80.4 cm³/mol. The molecule has 0 fully saturated rings. The van der Waals surface area contributed by atoms with Crippen molar-refractivity contribution in [3.63, 3.8) is 0 Å². The van der Waals surface area contributed by atoms with Crippen molar-refractivity contribution in [1.29, 1.82) is 0 Å². The number of benzene rings is 2. The average molecular weight is 270 g/mol. The van der Waals surface area contributed by atoms with Crippen LogP contribution in [0.15, 0.2) is 48.5 Å². The molecule has 1 aromatic heterocycles. The molecule has 0 aliphatic rings. The number of thiophene rings is 1. The first-order valence-electron chi connectivity index (χ1n) is 6.03. The van der Waals surface area contributed by atoms with Crippen molar-refractivity contribution in [3.8, 4) is 21.9 Å². The molecule has 0 atom stereocenters. The van der Waals surface area contributed by atoms with E-state index >= 15 is 0 Å². The summed E-state index contributed by atoms with van der Waals surface area (Å²) in [7, 11) is 3.40. The highest BCUT2D eigenvalue weighted by atomic mass is 32.1. The molecule has 0 N–H and O–H groups in total. The first-order valence-corrected chi connectivity index (χ1v) is 6.85. The summed E-state index contributed by atoms with van der Waals surface area (Å²) in [6, 6.07) is 16.4. The molecule has 0 saturated heterocycles. The normalized spacial score (nSPS) is 10.6. The van der Waals surface area contributed by atoms with Gasteiger partial charge in [-0.25, -0.2) is 0 Å². The van der Waals surface area contributed by atoms with E-state index in [1.54, 1.807) is 25.6 Å². The molecule has 0 radical (unpaired) electrons. The molecule has 3 heteroatoms. The number of fused-ring (bicyclic) bond motifs is 1. The van der Waals surface area contributed by atoms with Crippen LogP contribution in [0.2, 0.25) is 0 Å². The Balaban J connectivity index is 2.17. The van der Waals surface area contributed by atoms with Crippen LogP contribution >= 0.6 is 11.3 Å². The molecule has 96 valence electrons. The number of methoxy groups -OCH3 is 2. The quantitative estimate of drug-likeness (QED) is 0.693. The van der Waals surface area contributed by atoms with Crippen LogP contribution in [0.5, 0.6) is 11.5 Å². The zero-order valence-electron chi connectivity index (χ0n) is 10.8. The van der Waals surface area contributed by atoms with Crippen LogP contribution in [0.25, 0.3) is 20.5 Å². The molecule has 1 heterocycles. The molecular weight excluding hydrogens is 256 g/mol. The molecular formula is C16H14O2S. The minimum Gasteiger partial charge on any atom is -0.497 e. The summed E-state index contributed by atoms with van der Waals surface area (Å²) in [4.78, 5) is 1.16. The van der Waals surface area contributed by atoms with Gasteiger partial charge in [-0.05, 0) is 42.0 Å². The average Bonchev–Trinajstić information content (AvgIpc) is 2.85. The van der Waals surface area contributed by atoms with E-state index < -0.39 is 0 Å². The van der Waals surface area contributed by atoms with E-state index in [1.807, 2.05) is 18.2 Å². The SMILES string of the molecule is COc1ccc(-c2sc3ccccc3c2OC)cc1. The standard InChI is InChI=1S/C16H14O2S/c1-17-12-9-7-11(8-10-12)16-15(18-2)13-5-3-4-6-14(13)19-16/h3-10H,1-2H3. The Morgan fingerprint density at radius 3 is 2.26 bits per heavy atom. The summed E-state index contributed by atoms with van der Waals surface area (Å²) in [5.74, 6) is 1.81. The Morgan fingerprint density at radius 1 is 0.842 bits per heavy atom. The molecule has 0 aliphatic carbocycles. The highest BCUT2D eigenvalue weighted by Crippen LogP contribution is 2.44. The molecule has 0 saturated carbocycles. The van der Waals surface area contributed by atoms with Crippen LogP contribution in [0.4, 0.5) is 0 Å². The van der Waals surface area contributed by atoms with Gasteiger partial charge in [-0.3, -0.25) is 0 Å². The van der Waals surface area contributed by atoms with E-state index in [0.29, 0.717) is 0 Å². The summed E-state index contributed by atoms with van der Waals surface area (Å²) in [5.41, 5.74) is 1.15. The van der Waals surface area contributed by atoms with Gasteiger partial charge in [0.15, 0.2) is 0 Å². The van der Waals surface area contributed by atoms with Crippen molar-refractivity contribution in [2.75, 3.05) is 14.2 Å². The monoisotopic (exact) mass is 270 g/mol. The van der Waals surface area contributed by atoms with E-state index in [9.17, 15) is 0 Å². The molecule has 3 aromatic rings. The highest BCUT2D eigenvalue weighted by Gasteiger charge is 2.13. The van der Waals surface area contributed by atoms with Crippen molar-refractivity contribution in [3.05, 3.63) is 48.5 Å². The molecule has 0 spiro atoms. The third-order valence-electron chi connectivity index (χ3n) is 3.11. The number of ether oxygens (including phenoxy) is 2. The summed E-state index contributed by atoms with van der Waals surface area (Å²) in [5, 5.41) is 1.17. The van der Waals surface area contributed by atoms with E-state index in [-0.39, 0.29) is 0 Å². The Morgan fingerprint density at radius 2 is 1.58 bits per heavy atom. The topological polar surface area (TPSA) is 18.5 Å². The van der Waals surface area contributed by atoms with Gasteiger partial charge in [0, 0.05) is 10.1 Å². The van der Waals surface area contributed by atoms with Gasteiger partial charge < -0.3 is 9.47 Å². The lowest BCUT2D eigenvalue weighted by atomic mass is 10.1. The van der Waals surface area contributed by atoms with Crippen LogP contribution < -0.4 is 9.47 Å². The lowest BCUT2D eigenvalue weighted by Gasteiger charge is -2.04. The van der Waals surface area contributed by atoms with Gasteiger partial charge in [0.2, 0.25) is 0 Å². The summed E-state index contributed by atoms with van der Waals surface area (Å²) in [6.07, 6.45) is 0. The second-order valence-electron chi connectivity index (χ2n) is 4.19. The molecule has 2 aromatic carbocycles. The maximum Gasteiger partial charge on any atom is 0.145 e. The van der Waals surface area contributed by atoms with E-state index in [0.717, 1.165) is 21.9 Å². The van der Waals surface area contributed by atoms with Crippen LogP contribution in [0.1, 0.15) is 0 Å². The van der Waals surface area contributed by atoms with Gasteiger partial charge >= 0.3 is 0 Å². The van der Waals surface area contributed by atoms with Gasteiger partial charge in [-0.1, -0.05) is 12.1 Å². The predicted octanol–water partition coefficient (Wildman–Crippen LogP) is 4.59. The van der Waals surface area contributed by atoms with Crippen LogP contribution in [0.3, 0.4) is 0 Å². The Labute approximate surface area is 116 Å². The molecule has 0 amide bonds. The van der Waals surface area contributed by atoms with Gasteiger partial charge in [0.1, 0.15) is 11.5 Å². The van der Waals surface area contributed by atoms with Crippen molar-refractivity contribution in [2.24, 2.45) is 0 Å². The minimum absolute atomic E-state index is 0.865. The fourth-order valence-corrected chi connectivity index (χ4v) is 3.33. The second-order valence-corrected chi connectivity index (χ2v) is 5.24. The van der Waals surface area contributed by atoms with E-state index in [4.69, 9.17) is 9.47 Å². The smallest absolute Gasteiger partial charge is 0.145 e. The van der Waals surface area contributed by atoms with Crippen LogP contribution in [0, 0.1) is 0 Å². The summed E-state index contributed by atoms with van der Waals surface area (Å²) < 4.78 is 12.0. The van der Waals surface area contributed by atoms with Crippen molar-refractivity contribution in [2.45, 2.75) is 0 Å². The molecule has 0 bridgehead atoms. The summed E-state index contributed by atoms with van der Waals surface area (Å²) in [6.45, 7) is 0. The van der Waals surface area contributed by atoms with Gasteiger partial charge in [0.25, 0.3) is 0 Å². The third kappa shape index (κ3) is 2.06. The first kappa shape index (κ1) is 12.1. The highest BCUT2D eigenvalue weighted by molar-refractivity contribution is 7.22. The third-order valence-corrected chi connectivity index (χ3v) is 4.31. The Hall–Kier alpha value is -2.00. The van der Waals surface area contributed by atoms with Crippen molar-refractivity contribution < 1.29 is 9.47 Å². The minimum atomic E-state index is 0.865. The van der Waals surface area contributed by atoms with Crippen LogP contribution in [-0.4, -0.2) is 14.2 Å². The lowest BCUT2D eigenvalue weighted by molar-refractivity contribution is 0.414. The zero-order chi connectivity index (χ0) is 13.2.